The molecule has 0 N–H and O–H groups in total. The average molecular weight is 407 g/mol. The van der Waals surface area contributed by atoms with Crippen LogP contribution < -0.4 is 5.56 Å². The lowest BCUT2D eigenvalue weighted by Gasteiger charge is -2.26. The van der Waals surface area contributed by atoms with Gasteiger partial charge in [-0.15, -0.1) is 0 Å². The molecule has 10 heteroatoms. The SMILES string of the molecule is CCN(C(=O)COC(=O)c1nn(C)c(=O)c2ccccc12)[C@@H]1CCS(=O)(=O)C1. The average Bonchev–Trinajstić information content (AvgIpc) is 3.02. The lowest BCUT2D eigenvalue weighted by molar-refractivity contribution is -0.136. The topological polar surface area (TPSA) is 116 Å². The lowest BCUT2D eigenvalue weighted by atomic mass is 10.1. The van der Waals surface area contributed by atoms with Crippen molar-refractivity contribution in [3.05, 3.63) is 40.3 Å². The number of nitrogens with zero attached hydrogens (tertiary/aromatic N) is 3. The summed E-state index contributed by atoms with van der Waals surface area (Å²) >= 11 is 0. The summed E-state index contributed by atoms with van der Waals surface area (Å²) < 4.78 is 29.5. The molecule has 1 atom stereocenters. The van der Waals surface area contributed by atoms with E-state index in [-0.39, 0.29) is 22.8 Å². The summed E-state index contributed by atoms with van der Waals surface area (Å²) in [5, 5.41) is 4.63. The van der Waals surface area contributed by atoms with E-state index in [4.69, 9.17) is 4.74 Å². The van der Waals surface area contributed by atoms with Crippen molar-refractivity contribution in [3.63, 3.8) is 0 Å². The number of rotatable bonds is 5. The number of carbonyl (C=O) groups excluding carboxylic acids is 2. The second kappa shape index (κ2) is 7.70. The lowest BCUT2D eigenvalue weighted by Crippen LogP contribution is -2.43. The Balaban J connectivity index is 1.75. The van der Waals surface area contributed by atoms with Crippen LogP contribution in [0.1, 0.15) is 23.8 Å². The van der Waals surface area contributed by atoms with E-state index < -0.39 is 34.4 Å². The van der Waals surface area contributed by atoms with Crippen LogP contribution in [0.2, 0.25) is 0 Å². The molecule has 0 radical (unpaired) electrons. The van der Waals surface area contributed by atoms with E-state index in [1.165, 1.54) is 11.9 Å². The first-order valence-corrected chi connectivity index (χ1v) is 10.7. The molecule has 1 aliphatic rings. The monoisotopic (exact) mass is 407 g/mol. The van der Waals surface area contributed by atoms with Crippen molar-refractivity contribution in [2.45, 2.75) is 19.4 Å². The third-order valence-electron chi connectivity index (χ3n) is 4.79. The fraction of sp³-hybridized carbons (Fsp3) is 0.444. The van der Waals surface area contributed by atoms with E-state index in [1.807, 2.05) is 0 Å². The van der Waals surface area contributed by atoms with Crippen LogP contribution in [0.3, 0.4) is 0 Å². The summed E-state index contributed by atoms with van der Waals surface area (Å²) in [4.78, 5) is 38.5. The van der Waals surface area contributed by atoms with Crippen molar-refractivity contribution >= 4 is 32.5 Å². The Morgan fingerprint density at radius 2 is 1.96 bits per heavy atom. The van der Waals surface area contributed by atoms with Crippen molar-refractivity contribution in [2.24, 2.45) is 7.05 Å². The van der Waals surface area contributed by atoms with Gasteiger partial charge in [-0.3, -0.25) is 9.59 Å². The minimum atomic E-state index is -3.14. The first-order valence-electron chi connectivity index (χ1n) is 8.86. The molecule has 0 aliphatic carbocycles. The van der Waals surface area contributed by atoms with E-state index in [9.17, 15) is 22.8 Å². The van der Waals surface area contributed by atoms with Gasteiger partial charge in [-0.05, 0) is 19.4 Å². The maximum atomic E-state index is 12.5. The summed E-state index contributed by atoms with van der Waals surface area (Å²) in [6.45, 7) is 1.53. The highest BCUT2D eigenvalue weighted by Gasteiger charge is 2.34. The van der Waals surface area contributed by atoms with Crippen LogP contribution in [0.15, 0.2) is 29.1 Å². The number of aromatic nitrogens is 2. The number of hydrogen-bond donors (Lipinski definition) is 0. The Kier molecular flexibility index (Phi) is 5.50. The molecule has 1 saturated heterocycles. The van der Waals surface area contributed by atoms with Gasteiger partial charge in [0, 0.05) is 25.0 Å². The molecule has 28 heavy (non-hydrogen) atoms. The van der Waals surface area contributed by atoms with Crippen molar-refractivity contribution in [1.82, 2.24) is 14.7 Å². The van der Waals surface area contributed by atoms with Crippen LogP contribution in [-0.2, 0) is 26.4 Å². The first-order chi connectivity index (χ1) is 13.2. The van der Waals surface area contributed by atoms with Gasteiger partial charge in [0.25, 0.3) is 11.5 Å². The fourth-order valence-electron chi connectivity index (χ4n) is 3.39. The van der Waals surface area contributed by atoms with Crippen molar-refractivity contribution in [1.29, 1.82) is 0 Å². The molecule has 0 unspecified atom stereocenters. The molecule has 3 rings (SSSR count). The van der Waals surface area contributed by atoms with E-state index in [1.54, 1.807) is 31.2 Å². The number of carbonyl (C=O) groups is 2. The van der Waals surface area contributed by atoms with Crippen LogP contribution in [-0.4, -0.2) is 65.7 Å². The Labute approximate surface area is 161 Å². The van der Waals surface area contributed by atoms with E-state index in [0.29, 0.717) is 23.7 Å². The maximum Gasteiger partial charge on any atom is 0.359 e. The van der Waals surface area contributed by atoms with Crippen LogP contribution in [0.5, 0.6) is 0 Å². The van der Waals surface area contributed by atoms with Crippen LogP contribution in [0.25, 0.3) is 10.8 Å². The number of sulfone groups is 1. The predicted molar refractivity (Wildman–Crippen MR) is 102 cm³/mol. The molecular formula is C18H21N3O6S. The predicted octanol–water partition coefficient (Wildman–Crippen LogP) is 0.126. The van der Waals surface area contributed by atoms with Gasteiger partial charge in [-0.2, -0.15) is 5.10 Å². The third-order valence-corrected chi connectivity index (χ3v) is 6.54. The zero-order valence-electron chi connectivity index (χ0n) is 15.6. The molecule has 150 valence electrons. The van der Waals surface area contributed by atoms with Crippen LogP contribution in [0, 0.1) is 0 Å². The molecule has 1 aromatic carbocycles. The molecule has 1 aromatic heterocycles. The van der Waals surface area contributed by atoms with Crippen molar-refractivity contribution in [3.8, 4) is 0 Å². The van der Waals surface area contributed by atoms with Gasteiger partial charge in [0.05, 0.1) is 16.9 Å². The standard InChI is InChI=1S/C18H21N3O6S/c1-3-21(12-8-9-28(25,26)11-12)15(22)10-27-18(24)16-13-6-4-5-7-14(13)17(23)20(2)19-16/h4-7,12H,3,8-11H2,1-2H3/t12-/m1/s1. The van der Waals surface area contributed by atoms with Gasteiger partial charge >= 0.3 is 5.97 Å². The number of hydrogen-bond acceptors (Lipinski definition) is 7. The van der Waals surface area contributed by atoms with Gasteiger partial charge < -0.3 is 9.64 Å². The zero-order valence-corrected chi connectivity index (χ0v) is 16.4. The first kappa shape index (κ1) is 20.0. The molecule has 0 saturated carbocycles. The van der Waals surface area contributed by atoms with Gasteiger partial charge in [0.15, 0.2) is 22.1 Å². The smallest absolute Gasteiger partial charge is 0.359 e. The number of likely N-dealkylation sites (N-methyl/N-ethyl adjacent to an activating group) is 1. The highest BCUT2D eigenvalue weighted by molar-refractivity contribution is 7.91. The molecule has 1 aliphatic heterocycles. The molecule has 0 bridgehead atoms. The van der Waals surface area contributed by atoms with Gasteiger partial charge in [0.1, 0.15) is 0 Å². The molecule has 1 amide bonds. The second-order valence-corrected chi connectivity index (χ2v) is 8.86. The fourth-order valence-corrected chi connectivity index (χ4v) is 5.12. The van der Waals surface area contributed by atoms with Crippen LogP contribution in [0.4, 0.5) is 0 Å². The summed E-state index contributed by atoms with van der Waals surface area (Å²) in [5.74, 6) is -1.31. The van der Waals surface area contributed by atoms with Gasteiger partial charge in [0.2, 0.25) is 0 Å². The summed E-state index contributed by atoms with van der Waals surface area (Å²) in [5.41, 5.74) is -0.403. The second-order valence-electron chi connectivity index (χ2n) is 6.64. The summed E-state index contributed by atoms with van der Waals surface area (Å²) in [7, 11) is -1.71. The number of esters is 1. The molecule has 1 fully saturated rings. The number of fused-ring (bicyclic) bond motifs is 1. The molecule has 2 aromatic rings. The quantitative estimate of drug-likeness (QED) is 0.647. The molecule has 0 spiro atoms. The van der Waals surface area contributed by atoms with Gasteiger partial charge in [-0.25, -0.2) is 17.9 Å². The maximum absolute atomic E-state index is 12.5. The Hall–Kier alpha value is -2.75. The van der Waals surface area contributed by atoms with E-state index in [0.717, 1.165) is 4.68 Å². The van der Waals surface area contributed by atoms with Crippen molar-refractivity contribution in [2.75, 3.05) is 24.7 Å². The van der Waals surface area contributed by atoms with Crippen LogP contribution >= 0.6 is 0 Å². The number of aryl methyl sites for hydroxylation is 1. The van der Waals surface area contributed by atoms with E-state index >= 15 is 0 Å². The minimum Gasteiger partial charge on any atom is -0.451 e. The van der Waals surface area contributed by atoms with Gasteiger partial charge in [-0.1, -0.05) is 18.2 Å². The Bertz CT molecular complexity index is 1090. The molecule has 2 heterocycles. The third kappa shape index (κ3) is 3.91. The minimum absolute atomic E-state index is 0.0508. The summed E-state index contributed by atoms with van der Waals surface area (Å²) in [6.07, 6.45) is 0.378. The number of ether oxygens (including phenoxy) is 1. The Morgan fingerprint density at radius 1 is 1.29 bits per heavy atom. The van der Waals surface area contributed by atoms with Crippen molar-refractivity contribution < 1.29 is 22.7 Å². The summed E-state index contributed by atoms with van der Waals surface area (Å²) in [6, 6.07) is 6.12. The zero-order chi connectivity index (χ0) is 20.5. The Morgan fingerprint density at radius 3 is 2.57 bits per heavy atom. The largest absolute Gasteiger partial charge is 0.451 e. The van der Waals surface area contributed by atoms with E-state index in [2.05, 4.69) is 5.10 Å². The number of amides is 1. The highest BCUT2D eigenvalue weighted by atomic mass is 32.2. The molecular weight excluding hydrogens is 386 g/mol. The number of benzene rings is 1. The normalized spacial score (nSPS) is 18.1. The molecule has 9 nitrogen and oxygen atoms in total. The highest BCUT2D eigenvalue weighted by Crippen LogP contribution is 2.18.